The zero-order chi connectivity index (χ0) is 16.1. The molecule has 0 radical (unpaired) electrons. The molecule has 22 heavy (non-hydrogen) atoms. The number of carboxylic acid groups (broad SMARTS) is 1. The van der Waals surface area contributed by atoms with Crippen molar-refractivity contribution in [2.45, 2.75) is 12.8 Å². The fourth-order valence-electron chi connectivity index (χ4n) is 1.74. The molecule has 0 spiro atoms. The van der Waals surface area contributed by atoms with Crippen LogP contribution in [0, 0.1) is 5.82 Å². The van der Waals surface area contributed by atoms with E-state index in [1.807, 2.05) is 0 Å². The lowest BCUT2D eigenvalue weighted by Crippen LogP contribution is -2.27. The maximum absolute atomic E-state index is 13.1. The number of carboxylic acids is 1. The molecule has 0 aliphatic rings. The van der Waals surface area contributed by atoms with Crippen molar-refractivity contribution in [1.82, 2.24) is 10.3 Å². The smallest absolute Gasteiger partial charge is 0.355 e. The van der Waals surface area contributed by atoms with Crippen LogP contribution in [0.25, 0.3) is 0 Å². The third-order valence-electron chi connectivity index (χ3n) is 2.81. The van der Waals surface area contributed by atoms with E-state index in [9.17, 15) is 14.0 Å². The predicted molar refractivity (Wildman–Crippen MR) is 77.6 cm³/mol. The number of phenolic OH excluding ortho intramolecular Hbond substituents is 1. The number of benzene rings is 1. The minimum absolute atomic E-state index is 0.00452. The van der Waals surface area contributed by atoms with Gasteiger partial charge in [-0.15, -0.1) is 11.3 Å². The van der Waals surface area contributed by atoms with E-state index in [0.29, 0.717) is 23.5 Å². The Morgan fingerprint density at radius 1 is 1.36 bits per heavy atom. The summed E-state index contributed by atoms with van der Waals surface area (Å²) in [6.45, 7) is 0.311. The van der Waals surface area contributed by atoms with Crippen molar-refractivity contribution in [2.75, 3.05) is 6.54 Å². The van der Waals surface area contributed by atoms with Crippen LogP contribution in [0.15, 0.2) is 23.6 Å². The van der Waals surface area contributed by atoms with Crippen molar-refractivity contribution in [1.29, 1.82) is 0 Å². The average Bonchev–Trinajstić information content (AvgIpc) is 2.92. The molecule has 2 rings (SSSR count). The zero-order valence-electron chi connectivity index (χ0n) is 11.4. The molecule has 6 nitrogen and oxygen atoms in total. The van der Waals surface area contributed by atoms with Gasteiger partial charge in [-0.3, -0.25) is 4.79 Å². The first kappa shape index (κ1) is 15.9. The summed E-state index contributed by atoms with van der Waals surface area (Å²) in [7, 11) is 0. The van der Waals surface area contributed by atoms with Gasteiger partial charge in [0.2, 0.25) is 5.91 Å². The predicted octanol–water partition coefficient (Wildman–Crippen LogP) is 1.59. The Morgan fingerprint density at radius 3 is 2.77 bits per heavy atom. The highest BCUT2D eigenvalue weighted by Crippen LogP contribution is 2.16. The third kappa shape index (κ3) is 4.26. The van der Waals surface area contributed by atoms with E-state index in [1.54, 1.807) is 0 Å². The van der Waals surface area contributed by atoms with E-state index in [4.69, 9.17) is 10.2 Å². The summed E-state index contributed by atoms with van der Waals surface area (Å²) in [4.78, 5) is 26.3. The van der Waals surface area contributed by atoms with Gasteiger partial charge in [0.05, 0.1) is 11.4 Å². The first-order valence-electron chi connectivity index (χ1n) is 6.37. The van der Waals surface area contributed by atoms with E-state index in [1.165, 1.54) is 28.8 Å². The normalized spacial score (nSPS) is 10.4. The number of hydrogen-bond donors (Lipinski definition) is 3. The van der Waals surface area contributed by atoms with Gasteiger partial charge in [0.15, 0.2) is 17.3 Å². The molecule has 0 unspecified atom stereocenters. The molecule has 0 atom stereocenters. The number of aromatic nitrogens is 1. The Hall–Kier alpha value is -2.48. The molecule has 0 aliphatic carbocycles. The molecule has 116 valence electrons. The van der Waals surface area contributed by atoms with E-state index in [2.05, 4.69) is 10.3 Å². The molecule has 0 aliphatic heterocycles. The number of thiazole rings is 1. The highest BCUT2D eigenvalue weighted by Gasteiger charge is 2.10. The topological polar surface area (TPSA) is 99.5 Å². The molecule has 1 heterocycles. The Morgan fingerprint density at radius 2 is 2.14 bits per heavy atom. The number of hydrogen-bond acceptors (Lipinski definition) is 5. The largest absolute Gasteiger partial charge is 0.505 e. The van der Waals surface area contributed by atoms with Crippen molar-refractivity contribution in [2.24, 2.45) is 0 Å². The average molecular weight is 324 g/mol. The Balaban J connectivity index is 1.79. The molecule has 3 N–H and O–H groups in total. The first-order valence-corrected chi connectivity index (χ1v) is 7.25. The van der Waals surface area contributed by atoms with Crippen molar-refractivity contribution in [3.8, 4) is 5.75 Å². The molecule has 1 aromatic heterocycles. The number of carbonyl (C=O) groups is 2. The monoisotopic (exact) mass is 324 g/mol. The Kier molecular flexibility index (Phi) is 5.05. The molecule has 0 saturated heterocycles. The van der Waals surface area contributed by atoms with Crippen LogP contribution < -0.4 is 5.32 Å². The second kappa shape index (κ2) is 6.99. The van der Waals surface area contributed by atoms with E-state index in [0.717, 1.165) is 6.07 Å². The van der Waals surface area contributed by atoms with Crippen LogP contribution in [0.3, 0.4) is 0 Å². The van der Waals surface area contributed by atoms with Crippen LogP contribution in [0.2, 0.25) is 0 Å². The summed E-state index contributed by atoms with van der Waals surface area (Å²) in [6.07, 6.45) is 0.420. The number of amides is 1. The van der Waals surface area contributed by atoms with Crippen molar-refractivity contribution in [3.63, 3.8) is 0 Å². The number of carbonyl (C=O) groups excluding carboxylic acids is 1. The van der Waals surface area contributed by atoms with Crippen LogP contribution >= 0.6 is 11.3 Å². The van der Waals surface area contributed by atoms with Gasteiger partial charge in [-0.1, -0.05) is 6.07 Å². The Bertz CT molecular complexity index is 702. The molecule has 0 bridgehead atoms. The number of halogens is 1. The molecular formula is C14H13FN2O4S. The van der Waals surface area contributed by atoms with Gasteiger partial charge in [0.1, 0.15) is 0 Å². The summed E-state index contributed by atoms with van der Waals surface area (Å²) >= 11 is 1.22. The van der Waals surface area contributed by atoms with Gasteiger partial charge in [-0.25, -0.2) is 14.2 Å². The van der Waals surface area contributed by atoms with Crippen molar-refractivity contribution in [3.05, 3.63) is 45.7 Å². The van der Waals surface area contributed by atoms with Crippen LogP contribution in [-0.4, -0.2) is 33.6 Å². The van der Waals surface area contributed by atoms with Crippen LogP contribution in [0.1, 0.15) is 21.1 Å². The first-order chi connectivity index (χ1) is 10.5. The summed E-state index contributed by atoms with van der Waals surface area (Å²) < 4.78 is 13.1. The minimum atomic E-state index is -1.08. The lowest BCUT2D eigenvalue weighted by Gasteiger charge is -2.05. The van der Waals surface area contributed by atoms with Gasteiger partial charge >= 0.3 is 5.97 Å². The summed E-state index contributed by atoms with van der Waals surface area (Å²) in [5.41, 5.74) is 0.445. The summed E-state index contributed by atoms with van der Waals surface area (Å²) in [5, 5.41) is 22.5. The molecule has 1 aromatic carbocycles. The van der Waals surface area contributed by atoms with Crippen molar-refractivity contribution < 1.29 is 24.2 Å². The summed E-state index contributed by atoms with van der Waals surface area (Å²) in [6, 6.07) is 3.77. The van der Waals surface area contributed by atoms with E-state index >= 15 is 0 Å². The van der Waals surface area contributed by atoms with Crippen LogP contribution in [-0.2, 0) is 17.6 Å². The van der Waals surface area contributed by atoms with Gasteiger partial charge in [-0.2, -0.15) is 0 Å². The second-order valence-corrected chi connectivity index (χ2v) is 5.44. The molecule has 8 heteroatoms. The van der Waals surface area contributed by atoms with Crippen LogP contribution in [0.4, 0.5) is 4.39 Å². The van der Waals surface area contributed by atoms with Crippen LogP contribution in [0.5, 0.6) is 5.75 Å². The third-order valence-corrected chi connectivity index (χ3v) is 3.72. The lowest BCUT2D eigenvalue weighted by atomic mass is 10.1. The maximum atomic E-state index is 13.1. The quantitative estimate of drug-likeness (QED) is 0.749. The fraction of sp³-hybridized carbons (Fsp3) is 0.214. The van der Waals surface area contributed by atoms with Gasteiger partial charge in [0.25, 0.3) is 0 Å². The number of aromatic carboxylic acids is 1. The number of phenols is 1. The molecule has 2 aromatic rings. The molecule has 0 fully saturated rings. The SMILES string of the molecule is O=C(Cc1ccc(O)c(F)c1)NCCc1nc(C(=O)O)cs1. The molecule has 1 amide bonds. The number of aromatic hydroxyl groups is 1. The zero-order valence-corrected chi connectivity index (χ0v) is 12.2. The number of nitrogens with one attached hydrogen (secondary N) is 1. The minimum Gasteiger partial charge on any atom is -0.505 e. The highest BCUT2D eigenvalue weighted by molar-refractivity contribution is 7.09. The van der Waals surface area contributed by atoms with Gasteiger partial charge in [0, 0.05) is 18.3 Å². The highest BCUT2D eigenvalue weighted by atomic mass is 32.1. The maximum Gasteiger partial charge on any atom is 0.355 e. The molecule has 0 saturated carbocycles. The lowest BCUT2D eigenvalue weighted by molar-refractivity contribution is -0.120. The van der Waals surface area contributed by atoms with E-state index in [-0.39, 0.29) is 18.0 Å². The van der Waals surface area contributed by atoms with Gasteiger partial charge in [-0.05, 0) is 17.7 Å². The van der Waals surface area contributed by atoms with E-state index < -0.39 is 17.5 Å². The number of nitrogens with zero attached hydrogens (tertiary/aromatic N) is 1. The summed E-state index contributed by atoms with van der Waals surface area (Å²) in [5.74, 6) is -2.60. The fourth-order valence-corrected chi connectivity index (χ4v) is 2.51. The molecular weight excluding hydrogens is 311 g/mol. The number of rotatable bonds is 6. The van der Waals surface area contributed by atoms with Crippen molar-refractivity contribution >= 4 is 23.2 Å². The second-order valence-electron chi connectivity index (χ2n) is 4.49. The Labute approximate surface area is 129 Å². The van der Waals surface area contributed by atoms with Gasteiger partial charge < -0.3 is 15.5 Å². The standard InChI is InChI=1S/C14H13FN2O4S/c15-9-5-8(1-2-11(9)18)6-12(19)16-4-3-13-17-10(7-22-13)14(20)21/h1-2,5,7,18H,3-4,6H2,(H,16,19)(H,20,21).